The number of hydrogen-bond donors (Lipinski definition) is 0. The minimum Gasteiger partial charge on any atom is -0.376 e. The van der Waals surface area contributed by atoms with Crippen LogP contribution in [-0.2, 0) is 14.2 Å². The minimum atomic E-state index is -0.223. The molecule has 0 unspecified atom stereocenters. The highest BCUT2D eigenvalue weighted by molar-refractivity contribution is 5.31. The SMILES string of the molecule is COCOC(C)(C)[C@@H](C)/C=C/[C@@H](C)[C@H]1CC[C@H]2/C(=C/[C@@H](OC)[C@]34C=CC[C@@H]3C4)CCC[C@]12C. The predicted octanol–water partition coefficient (Wildman–Crippen LogP) is 7.34. The van der Waals surface area contributed by atoms with E-state index in [1.165, 1.54) is 44.9 Å². The number of methoxy groups -OCH3 is 2. The monoisotopic (exact) mass is 456 g/mol. The summed E-state index contributed by atoms with van der Waals surface area (Å²) in [5, 5.41) is 0. The van der Waals surface area contributed by atoms with Crippen molar-refractivity contribution in [3.63, 3.8) is 0 Å². The molecule has 0 amide bonds. The molecule has 3 heteroatoms. The predicted molar refractivity (Wildman–Crippen MR) is 136 cm³/mol. The van der Waals surface area contributed by atoms with Gasteiger partial charge in [-0.05, 0) is 87.9 Å². The van der Waals surface area contributed by atoms with Gasteiger partial charge in [-0.25, -0.2) is 0 Å². The second-order valence-electron chi connectivity index (χ2n) is 12.3. The quantitative estimate of drug-likeness (QED) is 0.254. The smallest absolute Gasteiger partial charge is 0.147 e. The topological polar surface area (TPSA) is 27.7 Å². The molecule has 0 aromatic heterocycles. The van der Waals surface area contributed by atoms with Crippen molar-refractivity contribution in [3.05, 3.63) is 36.0 Å². The van der Waals surface area contributed by atoms with Crippen LogP contribution in [0.4, 0.5) is 0 Å². The average Bonchev–Trinajstić information content (AvgIpc) is 3.14. The van der Waals surface area contributed by atoms with E-state index >= 15 is 0 Å². The number of allylic oxidation sites excluding steroid dienone is 3. The van der Waals surface area contributed by atoms with Crippen LogP contribution in [0, 0.1) is 40.4 Å². The van der Waals surface area contributed by atoms with Crippen LogP contribution in [0.5, 0.6) is 0 Å². The van der Waals surface area contributed by atoms with Crippen LogP contribution in [0.15, 0.2) is 36.0 Å². The molecule has 0 radical (unpaired) electrons. The summed E-state index contributed by atoms with van der Waals surface area (Å²) in [7, 11) is 3.61. The van der Waals surface area contributed by atoms with Crippen molar-refractivity contribution in [1.29, 1.82) is 0 Å². The largest absolute Gasteiger partial charge is 0.376 e. The number of rotatable bonds is 10. The van der Waals surface area contributed by atoms with Gasteiger partial charge in [0.25, 0.3) is 0 Å². The fraction of sp³-hybridized carbons (Fsp3) is 0.800. The second-order valence-corrected chi connectivity index (χ2v) is 12.3. The van der Waals surface area contributed by atoms with Crippen molar-refractivity contribution in [2.45, 2.75) is 91.3 Å². The third kappa shape index (κ3) is 4.67. The molecule has 0 heterocycles. The van der Waals surface area contributed by atoms with Crippen LogP contribution in [0.2, 0.25) is 0 Å². The first-order chi connectivity index (χ1) is 15.7. The van der Waals surface area contributed by atoms with Crippen LogP contribution in [0.25, 0.3) is 0 Å². The van der Waals surface area contributed by atoms with E-state index < -0.39 is 0 Å². The summed E-state index contributed by atoms with van der Waals surface area (Å²) in [5.74, 6) is 3.23. The first-order valence-corrected chi connectivity index (χ1v) is 13.4. The molecule has 0 bridgehead atoms. The zero-order valence-corrected chi connectivity index (χ0v) is 22.2. The van der Waals surface area contributed by atoms with Gasteiger partial charge in [0.1, 0.15) is 6.79 Å². The lowest BCUT2D eigenvalue weighted by Crippen LogP contribution is -2.36. The lowest BCUT2D eigenvalue weighted by atomic mass is 9.61. The Balaban J connectivity index is 1.45. The van der Waals surface area contributed by atoms with Crippen LogP contribution in [0.1, 0.15) is 79.6 Å². The van der Waals surface area contributed by atoms with Gasteiger partial charge in [0.05, 0.1) is 11.7 Å². The van der Waals surface area contributed by atoms with Gasteiger partial charge in [-0.3, -0.25) is 0 Å². The molecule has 0 aromatic rings. The lowest BCUT2D eigenvalue weighted by molar-refractivity contribution is -0.128. The maximum absolute atomic E-state index is 6.10. The molecule has 3 saturated carbocycles. The molecule has 3 nitrogen and oxygen atoms in total. The molecule has 186 valence electrons. The summed E-state index contributed by atoms with van der Waals surface area (Å²) in [6, 6.07) is 0. The molecule has 33 heavy (non-hydrogen) atoms. The van der Waals surface area contributed by atoms with Crippen molar-refractivity contribution in [2.24, 2.45) is 40.4 Å². The summed E-state index contributed by atoms with van der Waals surface area (Å²) in [6.07, 6.45) is 21.8. The van der Waals surface area contributed by atoms with Gasteiger partial charge < -0.3 is 14.2 Å². The molecule has 0 spiro atoms. The van der Waals surface area contributed by atoms with E-state index in [0.717, 1.165) is 17.8 Å². The van der Waals surface area contributed by atoms with Crippen molar-refractivity contribution in [3.8, 4) is 0 Å². The maximum atomic E-state index is 6.10. The van der Waals surface area contributed by atoms with Crippen molar-refractivity contribution >= 4 is 0 Å². The van der Waals surface area contributed by atoms with Crippen LogP contribution >= 0.6 is 0 Å². The number of ether oxygens (including phenoxy) is 3. The van der Waals surface area contributed by atoms with Crippen LogP contribution < -0.4 is 0 Å². The number of hydrogen-bond acceptors (Lipinski definition) is 3. The summed E-state index contributed by atoms with van der Waals surface area (Å²) in [5.41, 5.74) is 2.21. The van der Waals surface area contributed by atoms with Gasteiger partial charge in [0.2, 0.25) is 0 Å². The van der Waals surface area contributed by atoms with E-state index in [1.807, 2.05) is 7.11 Å². The molecule has 0 aliphatic heterocycles. The number of fused-ring (bicyclic) bond motifs is 2. The molecule has 4 rings (SSSR count). The van der Waals surface area contributed by atoms with Gasteiger partial charge in [-0.2, -0.15) is 0 Å². The van der Waals surface area contributed by atoms with Crippen molar-refractivity contribution < 1.29 is 14.2 Å². The molecule has 0 aromatic carbocycles. The Bertz CT molecular complexity index is 779. The molecule has 0 N–H and O–H groups in total. The Hall–Kier alpha value is -0.900. The molecule has 3 fully saturated rings. The summed E-state index contributed by atoms with van der Waals surface area (Å²) in [6.45, 7) is 12.0. The summed E-state index contributed by atoms with van der Waals surface area (Å²) in [4.78, 5) is 0. The van der Waals surface area contributed by atoms with Gasteiger partial charge in [-0.15, -0.1) is 0 Å². The van der Waals surface area contributed by atoms with E-state index in [9.17, 15) is 0 Å². The Morgan fingerprint density at radius 2 is 1.97 bits per heavy atom. The fourth-order valence-corrected chi connectivity index (χ4v) is 7.60. The molecule has 8 atom stereocenters. The average molecular weight is 457 g/mol. The highest BCUT2D eigenvalue weighted by Gasteiger charge is 2.59. The van der Waals surface area contributed by atoms with Gasteiger partial charge >= 0.3 is 0 Å². The molecular weight excluding hydrogens is 408 g/mol. The van der Waals surface area contributed by atoms with E-state index in [-0.39, 0.29) is 11.7 Å². The highest BCUT2D eigenvalue weighted by Crippen LogP contribution is 2.64. The Morgan fingerprint density at radius 1 is 1.18 bits per heavy atom. The third-order valence-electron chi connectivity index (χ3n) is 10.2. The Labute approximate surface area is 203 Å². The first kappa shape index (κ1) is 25.2. The van der Waals surface area contributed by atoms with E-state index in [1.54, 1.807) is 12.7 Å². The van der Waals surface area contributed by atoms with Gasteiger partial charge in [0, 0.05) is 25.6 Å². The molecule has 4 aliphatic rings. The van der Waals surface area contributed by atoms with Crippen molar-refractivity contribution in [2.75, 3.05) is 21.0 Å². The van der Waals surface area contributed by atoms with E-state index in [4.69, 9.17) is 14.2 Å². The summed E-state index contributed by atoms with van der Waals surface area (Å²) < 4.78 is 17.2. The van der Waals surface area contributed by atoms with Gasteiger partial charge in [0.15, 0.2) is 0 Å². The molecule has 4 aliphatic carbocycles. The Morgan fingerprint density at radius 3 is 2.61 bits per heavy atom. The lowest BCUT2D eigenvalue weighted by Gasteiger charge is -2.44. The van der Waals surface area contributed by atoms with Gasteiger partial charge in [-0.1, -0.05) is 56.7 Å². The first-order valence-electron chi connectivity index (χ1n) is 13.4. The second kappa shape index (κ2) is 9.63. The standard InChI is InChI=1S/C30H48O3/c1-21(12-13-22(2)28(3,4)33-20-31-6)25-14-15-26-23(10-8-16-29(25,26)5)18-27(32-7)30-17-9-11-24(30)19-30/h9,12-13,17-18,21-22,24-27H,8,10-11,14-16,19-20H2,1-7H3/b13-12+,23-18+/t21-,22+,24-,25-,26+,27-,29-,30+/m1/s1. The fourth-order valence-electron chi connectivity index (χ4n) is 7.60. The highest BCUT2D eigenvalue weighted by atomic mass is 16.7. The maximum Gasteiger partial charge on any atom is 0.147 e. The zero-order valence-electron chi connectivity index (χ0n) is 22.2. The van der Waals surface area contributed by atoms with Crippen LogP contribution in [0.3, 0.4) is 0 Å². The normalized spacial score (nSPS) is 39.6. The van der Waals surface area contributed by atoms with E-state index in [2.05, 4.69) is 65.0 Å². The minimum absolute atomic E-state index is 0.223. The third-order valence-corrected chi connectivity index (χ3v) is 10.2. The zero-order chi connectivity index (χ0) is 23.9. The Kier molecular flexibility index (Phi) is 7.35. The summed E-state index contributed by atoms with van der Waals surface area (Å²) >= 11 is 0. The van der Waals surface area contributed by atoms with Crippen molar-refractivity contribution in [1.82, 2.24) is 0 Å². The molecular formula is C30H48O3. The van der Waals surface area contributed by atoms with E-state index in [0.29, 0.717) is 29.5 Å². The molecule has 0 saturated heterocycles. The van der Waals surface area contributed by atoms with Crippen LogP contribution in [-0.4, -0.2) is 32.7 Å².